The van der Waals surface area contributed by atoms with Gasteiger partial charge in [-0.1, -0.05) is 17.7 Å². The molecule has 0 aliphatic carbocycles. The number of rotatable bonds is 7. The van der Waals surface area contributed by atoms with Gasteiger partial charge in [0, 0.05) is 39.2 Å². The number of aromatic nitrogens is 1. The van der Waals surface area contributed by atoms with Crippen LogP contribution >= 0.6 is 24.0 Å². The highest BCUT2D eigenvalue weighted by molar-refractivity contribution is 14.0. The smallest absolute Gasteiger partial charge is 0.243 e. The Morgan fingerprint density at radius 3 is 2.56 bits per heavy atom. The van der Waals surface area contributed by atoms with Gasteiger partial charge in [-0.05, 0) is 26.0 Å². The standard InChI is InChI=1S/C19H27N5O2.HI/c1-5-20-19(22-12-17(25)24(3)4)21-11-10-16-13-26-18(23-16)15-8-6-14(2)7-9-15;/h6-9,13H,5,10-12H2,1-4H3,(H2,20,21,22);1H. The topological polar surface area (TPSA) is 82.8 Å². The summed E-state index contributed by atoms with van der Waals surface area (Å²) >= 11 is 0. The second kappa shape index (κ2) is 11.6. The molecule has 0 saturated heterocycles. The molecule has 0 radical (unpaired) electrons. The van der Waals surface area contributed by atoms with Gasteiger partial charge in [-0.15, -0.1) is 24.0 Å². The number of amides is 1. The molecule has 0 atom stereocenters. The molecule has 1 amide bonds. The number of hydrogen-bond acceptors (Lipinski definition) is 4. The predicted molar refractivity (Wildman–Crippen MR) is 118 cm³/mol. The average molecular weight is 485 g/mol. The summed E-state index contributed by atoms with van der Waals surface area (Å²) in [4.78, 5) is 22.0. The zero-order chi connectivity index (χ0) is 18.9. The Kier molecular flexibility index (Phi) is 9.84. The minimum Gasteiger partial charge on any atom is -0.444 e. The van der Waals surface area contributed by atoms with E-state index in [9.17, 15) is 4.79 Å². The lowest BCUT2D eigenvalue weighted by Crippen LogP contribution is -2.39. The van der Waals surface area contributed by atoms with Crippen LogP contribution in [0.5, 0.6) is 0 Å². The molecular weight excluding hydrogens is 457 g/mol. The molecule has 0 saturated carbocycles. The third-order valence-corrected chi connectivity index (χ3v) is 3.74. The van der Waals surface area contributed by atoms with Crippen molar-refractivity contribution in [2.24, 2.45) is 4.99 Å². The van der Waals surface area contributed by atoms with Gasteiger partial charge in [0.15, 0.2) is 5.96 Å². The average Bonchev–Trinajstić information content (AvgIpc) is 3.08. The molecule has 0 spiro atoms. The highest BCUT2D eigenvalue weighted by Crippen LogP contribution is 2.19. The first-order chi connectivity index (χ1) is 12.5. The van der Waals surface area contributed by atoms with Crippen molar-refractivity contribution in [2.75, 3.05) is 33.7 Å². The first kappa shape index (κ1) is 22.9. The fourth-order valence-electron chi connectivity index (χ4n) is 2.19. The van der Waals surface area contributed by atoms with E-state index in [0.29, 0.717) is 24.8 Å². The lowest BCUT2D eigenvalue weighted by Gasteiger charge is -2.12. The summed E-state index contributed by atoms with van der Waals surface area (Å²) in [7, 11) is 3.43. The third kappa shape index (κ3) is 7.58. The van der Waals surface area contributed by atoms with E-state index in [2.05, 4.69) is 20.6 Å². The van der Waals surface area contributed by atoms with E-state index in [1.165, 1.54) is 10.5 Å². The van der Waals surface area contributed by atoms with Gasteiger partial charge < -0.3 is 20.0 Å². The first-order valence-corrected chi connectivity index (χ1v) is 8.73. The largest absolute Gasteiger partial charge is 0.444 e. The number of nitrogens with zero attached hydrogens (tertiary/aromatic N) is 3. The maximum Gasteiger partial charge on any atom is 0.243 e. The molecular formula is C19H28IN5O2. The van der Waals surface area contributed by atoms with Crippen LogP contribution in [0.25, 0.3) is 11.5 Å². The van der Waals surface area contributed by atoms with Crippen LogP contribution in [0.4, 0.5) is 0 Å². The summed E-state index contributed by atoms with van der Waals surface area (Å²) in [6, 6.07) is 8.08. The normalized spacial score (nSPS) is 10.9. The molecule has 7 nitrogen and oxygen atoms in total. The monoisotopic (exact) mass is 485 g/mol. The minimum absolute atomic E-state index is 0. The Bertz CT molecular complexity index is 741. The molecule has 8 heteroatoms. The number of carbonyl (C=O) groups excluding carboxylic acids is 1. The van der Waals surface area contributed by atoms with Gasteiger partial charge in [-0.3, -0.25) is 4.79 Å². The number of benzene rings is 1. The number of oxazole rings is 1. The maximum atomic E-state index is 11.6. The van der Waals surface area contributed by atoms with Crippen LogP contribution in [-0.2, 0) is 11.2 Å². The molecule has 0 fully saturated rings. The second-order valence-electron chi connectivity index (χ2n) is 6.17. The Morgan fingerprint density at radius 1 is 1.22 bits per heavy atom. The van der Waals surface area contributed by atoms with Gasteiger partial charge in [-0.2, -0.15) is 0 Å². The number of carbonyl (C=O) groups is 1. The quantitative estimate of drug-likeness (QED) is 0.358. The summed E-state index contributed by atoms with van der Waals surface area (Å²) in [5, 5.41) is 6.33. The number of halogens is 1. The van der Waals surface area contributed by atoms with Gasteiger partial charge in [-0.25, -0.2) is 9.98 Å². The fraction of sp³-hybridized carbons (Fsp3) is 0.421. The van der Waals surface area contributed by atoms with Crippen LogP contribution in [0.2, 0.25) is 0 Å². The van der Waals surface area contributed by atoms with Gasteiger partial charge in [0.25, 0.3) is 0 Å². The van der Waals surface area contributed by atoms with Crippen LogP contribution in [0.1, 0.15) is 18.2 Å². The van der Waals surface area contributed by atoms with Crippen molar-refractivity contribution < 1.29 is 9.21 Å². The number of aryl methyl sites for hydroxylation is 1. The number of likely N-dealkylation sites (N-methyl/N-ethyl adjacent to an activating group) is 1. The van der Waals surface area contributed by atoms with E-state index < -0.39 is 0 Å². The van der Waals surface area contributed by atoms with Crippen molar-refractivity contribution in [3.8, 4) is 11.5 Å². The Balaban J connectivity index is 0.00000364. The predicted octanol–water partition coefficient (Wildman–Crippen LogP) is 2.45. The Morgan fingerprint density at radius 2 is 1.93 bits per heavy atom. The van der Waals surface area contributed by atoms with Crippen LogP contribution < -0.4 is 10.6 Å². The summed E-state index contributed by atoms with van der Waals surface area (Å²) in [6.45, 7) is 5.51. The molecule has 2 rings (SSSR count). The van der Waals surface area contributed by atoms with Crippen molar-refractivity contribution in [1.29, 1.82) is 0 Å². The van der Waals surface area contributed by atoms with Gasteiger partial charge in [0.05, 0.1) is 5.69 Å². The van der Waals surface area contributed by atoms with Crippen LogP contribution in [-0.4, -0.2) is 55.5 Å². The van der Waals surface area contributed by atoms with Gasteiger partial charge in [0.1, 0.15) is 12.8 Å². The van der Waals surface area contributed by atoms with Crippen LogP contribution in [0.3, 0.4) is 0 Å². The van der Waals surface area contributed by atoms with E-state index in [1.54, 1.807) is 20.4 Å². The number of nitrogens with one attached hydrogen (secondary N) is 2. The zero-order valence-corrected chi connectivity index (χ0v) is 18.6. The molecule has 1 aromatic heterocycles. The van der Waals surface area contributed by atoms with Gasteiger partial charge in [0.2, 0.25) is 11.8 Å². The maximum absolute atomic E-state index is 11.6. The molecule has 0 unspecified atom stereocenters. The summed E-state index contributed by atoms with van der Waals surface area (Å²) in [5.74, 6) is 1.20. The van der Waals surface area contributed by atoms with Crippen molar-refractivity contribution in [1.82, 2.24) is 20.5 Å². The van der Waals surface area contributed by atoms with Crippen molar-refractivity contribution in [3.05, 3.63) is 41.8 Å². The molecule has 1 aromatic carbocycles. The summed E-state index contributed by atoms with van der Waals surface area (Å²) in [6.07, 6.45) is 2.37. The molecule has 2 N–H and O–H groups in total. The summed E-state index contributed by atoms with van der Waals surface area (Å²) in [5.41, 5.74) is 3.04. The minimum atomic E-state index is -0.0403. The third-order valence-electron chi connectivity index (χ3n) is 3.74. The number of aliphatic imine (C=N–C) groups is 1. The van der Waals surface area contributed by atoms with E-state index in [1.807, 2.05) is 38.1 Å². The van der Waals surface area contributed by atoms with Crippen molar-refractivity contribution in [3.63, 3.8) is 0 Å². The molecule has 0 bridgehead atoms. The molecule has 0 aliphatic rings. The van der Waals surface area contributed by atoms with Crippen LogP contribution in [0.15, 0.2) is 39.9 Å². The number of hydrogen-bond donors (Lipinski definition) is 2. The van der Waals surface area contributed by atoms with Crippen molar-refractivity contribution >= 4 is 35.8 Å². The molecule has 27 heavy (non-hydrogen) atoms. The van der Waals surface area contributed by atoms with E-state index in [4.69, 9.17) is 4.42 Å². The molecule has 1 heterocycles. The van der Waals surface area contributed by atoms with Crippen molar-refractivity contribution in [2.45, 2.75) is 20.3 Å². The van der Waals surface area contributed by atoms with E-state index in [-0.39, 0.29) is 36.4 Å². The molecule has 2 aromatic rings. The lowest BCUT2D eigenvalue weighted by molar-refractivity contribution is -0.127. The Hall–Kier alpha value is -2.10. The number of guanidine groups is 1. The van der Waals surface area contributed by atoms with E-state index in [0.717, 1.165) is 17.8 Å². The van der Waals surface area contributed by atoms with Gasteiger partial charge >= 0.3 is 0 Å². The first-order valence-electron chi connectivity index (χ1n) is 8.73. The Labute approximate surface area is 177 Å². The summed E-state index contributed by atoms with van der Waals surface area (Å²) < 4.78 is 5.57. The van der Waals surface area contributed by atoms with Crippen LogP contribution in [0, 0.1) is 6.92 Å². The van der Waals surface area contributed by atoms with E-state index >= 15 is 0 Å². The lowest BCUT2D eigenvalue weighted by atomic mass is 10.1. The second-order valence-corrected chi connectivity index (χ2v) is 6.17. The fourth-order valence-corrected chi connectivity index (χ4v) is 2.19. The molecule has 0 aliphatic heterocycles. The zero-order valence-electron chi connectivity index (χ0n) is 16.3. The SMILES string of the molecule is CCNC(=NCC(=O)N(C)C)NCCc1coc(-c2ccc(C)cc2)n1.I. The highest BCUT2D eigenvalue weighted by atomic mass is 127. The molecule has 148 valence electrons. The highest BCUT2D eigenvalue weighted by Gasteiger charge is 2.07.